The van der Waals surface area contributed by atoms with Crippen molar-refractivity contribution >= 4 is 23.5 Å². The summed E-state index contributed by atoms with van der Waals surface area (Å²) in [5.41, 5.74) is 8.06. The minimum absolute atomic E-state index is 0.0418. The number of aliphatic hydroxyl groups is 1. The lowest BCUT2D eigenvalue weighted by molar-refractivity contribution is -0.151. The van der Waals surface area contributed by atoms with Crippen molar-refractivity contribution in [1.82, 2.24) is 19.8 Å². The average molecular weight is 577 g/mol. The Morgan fingerprint density at radius 1 is 0.952 bits per heavy atom. The maximum absolute atomic E-state index is 14.2. The Bertz CT molecular complexity index is 1220. The van der Waals surface area contributed by atoms with Crippen molar-refractivity contribution in [3.05, 3.63) is 65.7 Å². The predicted octanol–water partition coefficient (Wildman–Crippen LogP) is 4.71. The average Bonchev–Trinajstić information content (AvgIpc) is 3.32. The lowest BCUT2D eigenvalue weighted by Crippen LogP contribution is -2.73. The zero-order valence-corrected chi connectivity index (χ0v) is 25.5. The number of hydrogen-bond acceptors (Lipinski definition) is 7. The van der Waals surface area contributed by atoms with Gasteiger partial charge >= 0.3 is 6.03 Å². The van der Waals surface area contributed by atoms with Crippen molar-refractivity contribution in [2.24, 2.45) is 4.99 Å². The van der Waals surface area contributed by atoms with Crippen LogP contribution in [0.2, 0.25) is 0 Å². The number of carbonyl (C=O) groups is 2. The zero-order chi connectivity index (χ0) is 30.1. The lowest BCUT2D eigenvalue weighted by atomic mass is 9.91. The van der Waals surface area contributed by atoms with Crippen LogP contribution in [0.1, 0.15) is 70.4 Å². The number of imide groups is 1. The Labute approximate surface area is 251 Å². The van der Waals surface area contributed by atoms with Gasteiger partial charge in [0.2, 0.25) is 0 Å². The number of amidine groups is 1. The van der Waals surface area contributed by atoms with Crippen molar-refractivity contribution in [1.29, 1.82) is 0 Å². The normalized spacial score (nSPS) is 20.5. The van der Waals surface area contributed by atoms with Gasteiger partial charge in [0, 0.05) is 38.3 Å². The molecular formula is C33H48N6O3. The van der Waals surface area contributed by atoms with Crippen molar-refractivity contribution in [2.75, 3.05) is 38.5 Å². The smallest absolute Gasteiger partial charge is 0.328 e. The van der Waals surface area contributed by atoms with E-state index in [0.717, 1.165) is 49.2 Å². The van der Waals surface area contributed by atoms with Gasteiger partial charge in [-0.3, -0.25) is 19.6 Å². The highest BCUT2D eigenvalue weighted by atomic mass is 16.3. The highest BCUT2D eigenvalue weighted by Crippen LogP contribution is 2.42. The van der Waals surface area contributed by atoms with Crippen molar-refractivity contribution in [3.63, 3.8) is 0 Å². The molecule has 2 heterocycles. The number of benzene rings is 2. The number of unbranched alkanes of at least 4 members (excludes halogenated alkanes) is 3. The van der Waals surface area contributed by atoms with Crippen LogP contribution in [0.3, 0.4) is 0 Å². The molecule has 42 heavy (non-hydrogen) atoms. The molecule has 0 bridgehead atoms. The fourth-order valence-electron chi connectivity index (χ4n) is 6.39. The first-order chi connectivity index (χ1) is 20.4. The fraction of sp³-hybridized carbons (Fsp3) is 0.545. The second kappa shape index (κ2) is 14.6. The largest absolute Gasteiger partial charge is 0.399 e. The number of urea groups is 1. The number of aryl methyl sites for hydroxylation is 1. The summed E-state index contributed by atoms with van der Waals surface area (Å²) in [6.45, 7) is 7.88. The van der Waals surface area contributed by atoms with E-state index in [1.54, 1.807) is 0 Å². The van der Waals surface area contributed by atoms with Crippen LogP contribution in [0.25, 0.3) is 0 Å². The van der Waals surface area contributed by atoms with Crippen molar-refractivity contribution in [2.45, 2.75) is 83.8 Å². The van der Waals surface area contributed by atoms with Gasteiger partial charge in [-0.25, -0.2) is 14.8 Å². The van der Waals surface area contributed by atoms with Gasteiger partial charge in [0.05, 0.1) is 6.61 Å². The Morgan fingerprint density at radius 3 is 2.36 bits per heavy atom. The number of likely N-dealkylation sites (N-methyl/N-ethyl adjacent to an activating group) is 1. The molecule has 2 atom stereocenters. The van der Waals surface area contributed by atoms with Crippen LogP contribution >= 0.6 is 0 Å². The van der Waals surface area contributed by atoms with E-state index in [0.29, 0.717) is 45.4 Å². The van der Waals surface area contributed by atoms with Crippen LogP contribution in [0, 0.1) is 0 Å². The lowest BCUT2D eigenvalue weighted by Gasteiger charge is -2.51. The molecule has 0 saturated carbocycles. The summed E-state index contributed by atoms with van der Waals surface area (Å²) in [6, 6.07) is 17.2. The number of nitrogens with two attached hydrogens (primary N) is 1. The number of amides is 3. The highest BCUT2D eigenvalue weighted by molar-refractivity contribution is 6.05. The number of rotatable bonds is 16. The number of aliphatic imine (C=N–C) groups is 1. The van der Waals surface area contributed by atoms with Gasteiger partial charge < -0.3 is 10.8 Å². The summed E-state index contributed by atoms with van der Waals surface area (Å²) in [6.07, 6.45) is 6.65. The maximum atomic E-state index is 14.2. The summed E-state index contributed by atoms with van der Waals surface area (Å²) >= 11 is 0. The van der Waals surface area contributed by atoms with E-state index in [4.69, 9.17) is 10.7 Å². The molecule has 1 fully saturated rings. The Morgan fingerprint density at radius 2 is 1.69 bits per heavy atom. The van der Waals surface area contributed by atoms with Crippen LogP contribution in [-0.4, -0.2) is 87.2 Å². The summed E-state index contributed by atoms with van der Waals surface area (Å²) < 4.78 is 0. The molecule has 9 nitrogen and oxygen atoms in total. The Kier molecular flexibility index (Phi) is 11.0. The second-order valence-electron chi connectivity index (χ2n) is 11.3. The number of carbonyl (C=O) groups excluding carboxylic acids is 2. The number of fused-ring (bicyclic) bond motifs is 1. The van der Waals surface area contributed by atoms with Gasteiger partial charge in [-0.05, 0) is 55.4 Å². The molecule has 4 rings (SSSR count). The molecule has 0 aliphatic carbocycles. The highest BCUT2D eigenvalue weighted by Gasteiger charge is 2.62. The van der Waals surface area contributed by atoms with E-state index in [-0.39, 0.29) is 18.5 Å². The van der Waals surface area contributed by atoms with Gasteiger partial charge in [-0.15, -0.1) is 0 Å². The van der Waals surface area contributed by atoms with Gasteiger partial charge in [0.1, 0.15) is 5.84 Å². The van der Waals surface area contributed by atoms with Crippen molar-refractivity contribution in [3.8, 4) is 0 Å². The molecule has 2 unspecified atom stereocenters. The second-order valence-corrected chi connectivity index (χ2v) is 11.3. The monoisotopic (exact) mass is 576 g/mol. The van der Waals surface area contributed by atoms with Crippen LogP contribution in [0.15, 0.2) is 59.6 Å². The number of aliphatic hydroxyl groups excluding tert-OH is 1. The molecule has 0 spiro atoms. The molecule has 3 amide bonds. The molecule has 0 aromatic heterocycles. The Balaban J connectivity index is 1.60. The number of anilines is 1. The van der Waals surface area contributed by atoms with Crippen LogP contribution < -0.4 is 5.73 Å². The third-order valence-corrected chi connectivity index (χ3v) is 8.45. The standard InChI is InChI=1S/C33H48N6O3/c1-4-20-37-31(41)30-33(5-2,35-29(25-27-16-11-9-12-17-27)39(30)36(6-3)22-23-40)38(32(37)42)21-13-8-7-10-15-26-18-14-19-28(34)24-26/h9,11-12,14,16-19,24,30,40H,4-8,10,13,15,20-23,25,34H2,1-3H3. The SMILES string of the molecule is CCCN1C(=O)C2N(N(CC)CCO)C(Cc3ccccc3)=NC2(CC)N(CCCCCCc2cccc(N)c2)C1=O. The predicted molar refractivity (Wildman–Crippen MR) is 168 cm³/mol. The number of nitrogens with zero attached hydrogens (tertiary/aromatic N) is 5. The van der Waals surface area contributed by atoms with E-state index in [9.17, 15) is 14.7 Å². The molecule has 2 aliphatic rings. The summed E-state index contributed by atoms with van der Waals surface area (Å²) in [5, 5.41) is 13.9. The molecule has 2 aliphatic heterocycles. The van der Waals surface area contributed by atoms with Crippen molar-refractivity contribution < 1.29 is 14.7 Å². The minimum atomic E-state index is -0.993. The van der Waals surface area contributed by atoms with Gasteiger partial charge in [-0.2, -0.15) is 0 Å². The third kappa shape index (κ3) is 6.63. The molecule has 9 heteroatoms. The molecule has 1 saturated heterocycles. The molecule has 2 aromatic carbocycles. The number of nitrogen functional groups attached to an aromatic ring is 1. The minimum Gasteiger partial charge on any atom is -0.399 e. The first-order valence-corrected chi connectivity index (χ1v) is 15.6. The molecular weight excluding hydrogens is 528 g/mol. The first kappa shape index (κ1) is 31.5. The number of hydrogen-bond donors (Lipinski definition) is 2. The van der Waals surface area contributed by atoms with Crippen LogP contribution in [-0.2, 0) is 17.6 Å². The summed E-state index contributed by atoms with van der Waals surface area (Å²) in [7, 11) is 0. The van der Waals surface area contributed by atoms with E-state index in [2.05, 4.69) is 18.2 Å². The Hall–Kier alpha value is -3.43. The quantitative estimate of drug-likeness (QED) is 0.222. The first-order valence-electron chi connectivity index (χ1n) is 15.6. The topological polar surface area (TPSA) is 106 Å². The van der Waals surface area contributed by atoms with Crippen LogP contribution in [0.4, 0.5) is 10.5 Å². The van der Waals surface area contributed by atoms with Gasteiger partial charge in [-0.1, -0.05) is 76.1 Å². The van der Waals surface area contributed by atoms with E-state index in [1.165, 1.54) is 10.5 Å². The van der Waals surface area contributed by atoms with E-state index in [1.807, 2.05) is 72.1 Å². The van der Waals surface area contributed by atoms with Gasteiger partial charge in [0.25, 0.3) is 5.91 Å². The number of hydrazine groups is 1. The molecule has 228 valence electrons. The zero-order valence-electron chi connectivity index (χ0n) is 25.5. The third-order valence-electron chi connectivity index (χ3n) is 8.45. The van der Waals surface area contributed by atoms with Gasteiger partial charge in [0.15, 0.2) is 11.7 Å². The maximum Gasteiger partial charge on any atom is 0.328 e. The molecule has 3 N–H and O–H groups in total. The fourth-order valence-corrected chi connectivity index (χ4v) is 6.39. The molecule has 2 aromatic rings. The van der Waals surface area contributed by atoms with E-state index >= 15 is 0 Å². The van der Waals surface area contributed by atoms with E-state index < -0.39 is 11.7 Å². The summed E-state index contributed by atoms with van der Waals surface area (Å²) in [4.78, 5) is 36.8. The molecule has 0 radical (unpaired) electrons. The van der Waals surface area contributed by atoms with Crippen LogP contribution in [0.5, 0.6) is 0 Å². The summed E-state index contributed by atoms with van der Waals surface area (Å²) in [5.74, 6) is 0.556.